The third-order valence-corrected chi connectivity index (χ3v) is 3.47. The van der Waals surface area contributed by atoms with Crippen molar-refractivity contribution in [2.24, 2.45) is 5.73 Å². The minimum atomic E-state index is -1.19. The molecule has 1 aromatic carbocycles. The van der Waals surface area contributed by atoms with E-state index in [1.54, 1.807) is 12.1 Å². The van der Waals surface area contributed by atoms with Crippen molar-refractivity contribution in [2.75, 3.05) is 0 Å². The number of carboxylic acid groups (broad SMARTS) is 1. The van der Waals surface area contributed by atoms with Gasteiger partial charge in [0.15, 0.2) is 5.69 Å². The Balaban J connectivity index is 2.39. The van der Waals surface area contributed by atoms with Crippen LogP contribution in [-0.4, -0.2) is 26.1 Å². The monoisotopic (exact) mass is 328 g/mol. The fourth-order valence-electron chi connectivity index (χ4n) is 1.66. The largest absolute Gasteiger partial charge is 0.476 e. The first kappa shape index (κ1) is 13.6. The van der Waals surface area contributed by atoms with Crippen LogP contribution in [0.5, 0.6) is 0 Å². The number of aromatic nitrogens is 3. The van der Waals surface area contributed by atoms with Crippen molar-refractivity contribution in [3.05, 3.63) is 45.4 Å². The van der Waals surface area contributed by atoms with Crippen LogP contribution in [0.2, 0.25) is 0 Å². The van der Waals surface area contributed by atoms with Crippen LogP contribution in [0.1, 0.15) is 21.7 Å². The average molecular weight is 329 g/mol. The summed E-state index contributed by atoms with van der Waals surface area (Å²) >= 11 is 3.14. The molecule has 1 heterocycles. The first-order chi connectivity index (χ1) is 9.04. The molecule has 0 amide bonds. The van der Waals surface area contributed by atoms with Crippen molar-refractivity contribution in [3.63, 3.8) is 0 Å². The van der Waals surface area contributed by atoms with Gasteiger partial charge in [0, 0.05) is 6.54 Å². The molecule has 0 unspecified atom stereocenters. The molecular weight excluding hydrogens is 319 g/mol. The topological polar surface area (TPSA) is 94.0 Å². The van der Waals surface area contributed by atoms with Gasteiger partial charge in [-0.2, -0.15) is 0 Å². The van der Waals surface area contributed by atoms with Gasteiger partial charge in [-0.1, -0.05) is 17.3 Å². The second-order valence-electron chi connectivity index (χ2n) is 3.76. The molecule has 19 heavy (non-hydrogen) atoms. The lowest BCUT2D eigenvalue weighted by atomic mass is 10.2. The summed E-state index contributed by atoms with van der Waals surface area (Å²) in [4.78, 5) is 10.9. The maximum absolute atomic E-state index is 13.4. The minimum absolute atomic E-state index is 0.0123. The summed E-state index contributed by atoms with van der Waals surface area (Å²) in [6.45, 7) is 0.173. The molecule has 0 aliphatic heterocycles. The van der Waals surface area contributed by atoms with Crippen LogP contribution in [-0.2, 0) is 13.1 Å². The Morgan fingerprint density at radius 2 is 2.26 bits per heavy atom. The van der Waals surface area contributed by atoms with Gasteiger partial charge in [0.2, 0.25) is 0 Å². The summed E-state index contributed by atoms with van der Waals surface area (Å²) in [6.07, 6.45) is 0. The first-order valence-corrected chi connectivity index (χ1v) is 6.12. The van der Waals surface area contributed by atoms with Gasteiger partial charge < -0.3 is 10.8 Å². The normalized spacial score (nSPS) is 10.7. The zero-order chi connectivity index (χ0) is 14.0. The van der Waals surface area contributed by atoms with E-state index in [-0.39, 0.29) is 18.8 Å². The van der Waals surface area contributed by atoms with Crippen molar-refractivity contribution in [3.8, 4) is 0 Å². The van der Waals surface area contributed by atoms with Crippen LogP contribution in [0.15, 0.2) is 22.7 Å². The lowest BCUT2D eigenvalue weighted by Crippen LogP contribution is -2.13. The second-order valence-corrected chi connectivity index (χ2v) is 4.56. The smallest absolute Gasteiger partial charge is 0.358 e. The highest BCUT2D eigenvalue weighted by Crippen LogP contribution is 2.21. The van der Waals surface area contributed by atoms with E-state index < -0.39 is 11.8 Å². The van der Waals surface area contributed by atoms with Crippen molar-refractivity contribution < 1.29 is 14.3 Å². The number of aromatic carboxylic acids is 1. The van der Waals surface area contributed by atoms with Gasteiger partial charge in [-0.05, 0) is 27.6 Å². The molecular formula is C11H10BrFN4O2. The highest BCUT2D eigenvalue weighted by atomic mass is 79.9. The summed E-state index contributed by atoms with van der Waals surface area (Å²) in [5.41, 5.74) is 6.24. The summed E-state index contributed by atoms with van der Waals surface area (Å²) < 4.78 is 15.0. The van der Waals surface area contributed by atoms with Gasteiger partial charge in [-0.25, -0.2) is 13.9 Å². The van der Waals surface area contributed by atoms with E-state index in [1.165, 1.54) is 10.7 Å². The predicted molar refractivity (Wildman–Crippen MR) is 68.1 cm³/mol. The fraction of sp³-hybridized carbons (Fsp3) is 0.182. The van der Waals surface area contributed by atoms with Crippen LogP contribution in [0.25, 0.3) is 0 Å². The molecule has 0 bridgehead atoms. The summed E-state index contributed by atoms with van der Waals surface area (Å²) in [7, 11) is 0. The molecule has 0 atom stereocenters. The molecule has 3 N–H and O–H groups in total. The van der Waals surface area contributed by atoms with Gasteiger partial charge in [0.1, 0.15) is 5.82 Å². The summed E-state index contributed by atoms with van der Waals surface area (Å²) in [5.74, 6) is -1.59. The van der Waals surface area contributed by atoms with Crippen LogP contribution < -0.4 is 5.73 Å². The molecule has 100 valence electrons. The Labute approximate surface area is 116 Å². The van der Waals surface area contributed by atoms with E-state index in [0.29, 0.717) is 15.7 Å². The quantitative estimate of drug-likeness (QED) is 0.884. The first-order valence-electron chi connectivity index (χ1n) is 5.33. The number of nitrogens with zero attached hydrogens (tertiary/aromatic N) is 3. The van der Waals surface area contributed by atoms with Crippen LogP contribution in [0.4, 0.5) is 4.39 Å². The number of hydrogen-bond donors (Lipinski definition) is 2. The SMILES string of the molecule is NCc1c(C(=O)O)nnn1Cc1cccc(F)c1Br. The van der Waals surface area contributed by atoms with Crippen molar-refractivity contribution in [2.45, 2.75) is 13.1 Å². The number of nitrogens with two attached hydrogens (primary N) is 1. The zero-order valence-corrected chi connectivity index (χ0v) is 11.3. The zero-order valence-electron chi connectivity index (χ0n) is 9.68. The maximum Gasteiger partial charge on any atom is 0.358 e. The molecule has 0 spiro atoms. The van der Waals surface area contributed by atoms with Gasteiger partial charge in [0.25, 0.3) is 0 Å². The number of hydrogen-bond acceptors (Lipinski definition) is 4. The highest BCUT2D eigenvalue weighted by Gasteiger charge is 2.18. The molecule has 0 saturated heterocycles. The molecule has 0 fully saturated rings. The Kier molecular flexibility index (Phi) is 3.91. The van der Waals surface area contributed by atoms with Crippen molar-refractivity contribution in [1.29, 1.82) is 0 Å². The molecule has 0 aliphatic carbocycles. The van der Waals surface area contributed by atoms with Gasteiger partial charge in [-0.3, -0.25) is 0 Å². The third-order valence-electron chi connectivity index (χ3n) is 2.59. The Morgan fingerprint density at radius 1 is 1.53 bits per heavy atom. The number of carbonyl (C=O) groups is 1. The summed E-state index contributed by atoms with van der Waals surface area (Å²) in [6, 6.07) is 4.59. The van der Waals surface area contributed by atoms with E-state index in [4.69, 9.17) is 10.8 Å². The van der Waals surface area contributed by atoms with E-state index in [1.807, 2.05) is 0 Å². The van der Waals surface area contributed by atoms with Gasteiger partial charge >= 0.3 is 5.97 Å². The number of halogens is 2. The number of benzene rings is 1. The summed E-state index contributed by atoms with van der Waals surface area (Å²) in [5, 5.41) is 16.2. The molecule has 1 aromatic heterocycles. The van der Waals surface area contributed by atoms with Crippen molar-refractivity contribution in [1.82, 2.24) is 15.0 Å². The van der Waals surface area contributed by atoms with E-state index in [2.05, 4.69) is 26.2 Å². The Morgan fingerprint density at radius 3 is 2.89 bits per heavy atom. The van der Waals surface area contributed by atoms with E-state index >= 15 is 0 Å². The minimum Gasteiger partial charge on any atom is -0.476 e. The van der Waals surface area contributed by atoms with Crippen molar-refractivity contribution >= 4 is 21.9 Å². The number of rotatable bonds is 4. The van der Waals surface area contributed by atoms with Gasteiger partial charge in [-0.15, -0.1) is 5.10 Å². The fourth-order valence-corrected chi connectivity index (χ4v) is 2.05. The maximum atomic E-state index is 13.4. The lowest BCUT2D eigenvalue weighted by Gasteiger charge is -2.07. The van der Waals surface area contributed by atoms with Crippen LogP contribution in [0.3, 0.4) is 0 Å². The molecule has 0 aliphatic rings. The molecule has 2 aromatic rings. The second kappa shape index (κ2) is 5.45. The molecule has 8 heteroatoms. The van der Waals surface area contributed by atoms with Crippen LogP contribution in [0, 0.1) is 5.82 Å². The molecule has 0 saturated carbocycles. The number of carboxylic acids is 1. The van der Waals surface area contributed by atoms with Crippen LogP contribution >= 0.6 is 15.9 Å². The van der Waals surface area contributed by atoms with E-state index in [9.17, 15) is 9.18 Å². The molecule has 0 radical (unpaired) electrons. The predicted octanol–water partition coefficient (Wildman–Crippen LogP) is 1.38. The molecule has 2 rings (SSSR count). The molecule has 6 nitrogen and oxygen atoms in total. The Bertz CT molecular complexity index is 629. The standard InChI is InChI=1S/C11H10BrFN4O2/c12-9-6(2-1-3-7(9)13)5-17-8(4-14)10(11(18)19)15-16-17/h1-3H,4-5,14H2,(H,18,19). The average Bonchev–Trinajstić information content (AvgIpc) is 2.78. The van der Waals surface area contributed by atoms with E-state index in [0.717, 1.165) is 0 Å². The van der Waals surface area contributed by atoms with Gasteiger partial charge in [0.05, 0.1) is 16.7 Å². The lowest BCUT2D eigenvalue weighted by molar-refractivity contribution is 0.0689. The third kappa shape index (κ3) is 2.64. The highest BCUT2D eigenvalue weighted by molar-refractivity contribution is 9.10. The Hall–Kier alpha value is -1.80.